The van der Waals surface area contributed by atoms with Crippen molar-refractivity contribution < 1.29 is 4.79 Å². The molecule has 0 saturated carbocycles. The van der Waals surface area contributed by atoms with Gasteiger partial charge in [-0.1, -0.05) is 25.5 Å². The van der Waals surface area contributed by atoms with Crippen LogP contribution in [0.15, 0.2) is 11.6 Å². The molecule has 0 aromatic heterocycles. The standard InChI is InChI=1S/C14H25NO/c1-10(2)12-7-6-11(3)8-13(9-12)14(16)15(4)5/h8,10,12-13H,6-7,9H2,1-5H3. The molecule has 0 bridgehead atoms. The lowest BCUT2D eigenvalue weighted by molar-refractivity contribution is -0.132. The molecule has 2 atom stereocenters. The van der Waals surface area contributed by atoms with Crippen molar-refractivity contribution in [3.8, 4) is 0 Å². The molecular formula is C14H25NO. The molecule has 1 aliphatic rings. The molecular weight excluding hydrogens is 198 g/mol. The van der Waals surface area contributed by atoms with Crippen LogP contribution in [-0.4, -0.2) is 24.9 Å². The molecule has 1 amide bonds. The van der Waals surface area contributed by atoms with Gasteiger partial charge in [0.15, 0.2) is 0 Å². The molecule has 0 N–H and O–H groups in total. The predicted molar refractivity (Wildman–Crippen MR) is 68.1 cm³/mol. The number of allylic oxidation sites excluding steroid dienone is 1. The molecule has 16 heavy (non-hydrogen) atoms. The largest absolute Gasteiger partial charge is 0.348 e. The second kappa shape index (κ2) is 5.51. The van der Waals surface area contributed by atoms with Crippen LogP contribution in [0.3, 0.4) is 0 Å². The summed E-state index contributed by atoms with van der Waals surface area (Å²) in [6.07, 6.45) is 5.59. The van der Waals surface area contributed by atoms with E-state index in [1.165, 1.54) is 12.0 Å². The predicted octanol–water partition coefficient (Wildman–Crippen LogP) is 3.09. The number of hydrogen-bond donors (Lipinski definition) is 0. The van der Waals surface area contributed by atoms with Crippen LogP contribution in [0.4, 0.5) is 0 Å². The van der Waals surface area contributed by atoms with Crippen molar-refractivity contribution in [1.82, 2.24) is 4.90 Å². The lowest BCUT2D eigenvalue weighted by Gasteiger charge is -2.23. The van der Waals surface area contributed by atoms with Gasteiger partial charge in [0, 0.05) is 14.1 Å². The molecule has 0 spiro atoms. The van der Waals surface area contributed by atoms with E-state index in [2.05, 4.69) is 26.8 Å². The number of hydrogen-bond acceptors (Lipinski definition) is 1. The molecule has 2 unspecified atom stereocenters. The van der Waals surface area contributed by atoms with E-state index in [1.54, 1.807) is 4.90 Å². The minimum Gasteiger partial charge on any atom is -0.348 e. The summed E-state index contributed by atoms with van der Waals surface area (Å²) >= 11 is 0. The molecule has 0 aromatic rings. The van der Waals surface area contributed by atoms with Gasteiger partial charge in [0.1, 0.15) is 0 Å². The van der Waals surface area contributed by atoms with Gasteiger partial charge in [-0.05, 0) is 38.0 Å². The fraction of sp³-hybridized carbons (Fsp3) is 0.786. The molecule has 2 nitrogen and oxygen atoms in total. The zero-order chi connectivity index (χ0) is 12.3. The van der Waals surface area contributed by atoms with Crippen LogP contribution in [0.5, 0.6) is 0 Å². The Hall–Kier alpha value is -0.790. The first kappa shape index (κ1) is 13.3. The number of rotatable bonds is 2. The van der Waals surface area contributed by atoms with E-state index in [9.17, 15) is 4.79 Å². The van der Waals surface area contributed by atoms with Crippen LogP contribution in [0.2, 0.25) is 0 Å². The van der Waals surface area contributed by atoms with Crippen LogP contribution in [0, 0.1) is 17.8 Å². The fourth-order valence-electron chi connectivity index (χ4n) is 2.46. The van der Waals surface area contributed by atoms with Crippen LogP contribution in [0.1, 0.15) is 40.0 Å². The lowest BCUT2D eigenvalue weighted by atomic mass is 9.85. The summed E-state index contributed by atoms with van der Waals surface area (Å²) in [5.74, 6) is 1.72. The zero-order valence-corrected chi connectivity index (χ0v) is 11.3. The second-order valence-corrected chi connectivity index (χ2v) is 5.63. The van der Waals surface area contributed by atoms with Gasteiger partial charge in [-0.15, -0.1) is 0 Å². The van der Waals surface area contributed by atoms with Gasteiger partial charge in [-0.25, -0.2) is 0 Å². The van der Waals surface area contributed by atoms with Gasteiger partial charge in [0.25, 0.3) is 0 Å². The highest BCUT2D eigenvalue weighted by atomic mass is 16.2. The molecule has 0 radical (unpaired) electrons. The van der Waals surface area contributed by atoms with Gasteiger partial charge < -0.3 is 4.90 Å². The molecule has 2 heteroatoms. The molecule has 0 heterocycles. The third-order valence-electron chi connectivity index (χ3n) is 3.65. The average Bonchev–Trinajstić information content (AvgIpc) is 2.38. The lowest BCUT2D eigenvalue weighted by Crippen LogP contribution is -2.30. The first-order valence-electron chi connectivity index (χ1n) is 6.30. The third-order valence-corrected chi connectivity index (χ3v) is 3.65. The van der Waals surface area contributed by atoms with E-state index in [0.717, 1.165) is 12.8 Å². The van der Waals surface area contributed by atoms with E-state index in [1.807, 2.05) is 14.1 Å². The fourth-order valence-corrected chi connectivity index (χ4v) is 2.46. The Morgan fingerprint density at radius 1 is 1.44 bits per heavy atom. The van der Waals surface area contributed by atoms with E-state index < -0.39 is 0 Å². The van der Waals surface area contributed by atoms with Gasteiger partial charge in [-0.3, -0.25) is 4.79 Å². The first-order chi connectivity index (χ1) is 7.41. The van der Waals surface area contributed by atoms with Gasteiger partial charge >= 0.3 is 0 Å². The highest BCUT2D eigenvalue weighted by molar-refractivity contribution is 5.80. The Morgan fingerprint density at radius 2 is 2.06 bits per heavy atom. The van der Waals surface area contributed by atoms with Crippen molar-refractivity contribution in [2.24, 2.45) is 17.8 Å². The van der Waals surface area contributed by atoms with Crippen LogP contribution in [0.25, 0.3) is 0 Å². The molecule has 92 valence electrons. The summed E-state index contributed by atoms with van der Waals surface area (Å²) in [6.45, 7) is 6.68. The number of carbonyl (C=O) groups is 1. The van der Waals surface area contributed by atoms with E-state index >= 15 is 0 Å². The Labute approximate surface area is 99.7 Å². The van der Waals surface area contributed by atoms with Gasteiger partial charge in [0.2, 0.25) is 5.91 Å². The minimum absolute atomic E-state index is 0.102. The Kier molecular flexibility index (Phi) is 4.57. The van der Waals surface area contributed by atoms with Crippen LogP contribution < -0.4 is 0 Å². The normalized spacial score (nSPS) is 26.2. The molecule has 0 aromatic carbocycles. The Balaban J connectivity index is 2.79. The van der Waals surface area contributed by atoms with Crippen molar-refractivity contribution in [3.05, 3.63) is 11.6 Å². The SMILES string of the molecule is CC1=CC(C(=O)N(C)C)CC(C(C)C)CC1. The zero-order valence-electron chi connectivity index (χ0n) is 11.3. The summed E-state index contributed by atoms with van der Waals surface area (Å²) in [7, 11) is 3.70. The van der Waals surface area contributed by atoms with Gasteiger partial charge in [-0.2, -0.15) is 0 Å². The number of amides is 1. The molecule has 0 fully saturated rings. The summed E-state index contributed by atoms with van der Waals surface area (Å²) in [5, 5.41) is 0. The maximum Gasteiger partial charge on any atom is 0.228 e. The third kappa shape index (κ3) is 3.36. The molecule has 1 aliphatic carbocycles. The molecule has 0 saturated heterocycles. The maximum absolute atomic E-state index is 12.0. The average molecular weight is 223 g/mol. The van der Waals surface area contributed by atoms with E-state index in [-0.39, 0.29) is 11.8 Å². The van der Waals surface area contributed by atoms with Crippen molar-refractivity contribution >= 4 is 5.91 Å². The summed E-state index contributed by atoms with van der Waals surface area (Å²) in [5.41, 5.74) is 1.38. The molecule has 1 rings (SSSR count). The van der Waals surface area contributed by atoms with Crippen LogP contribution in [-0.2, 0) is 4.79 Å². The van der Waals surface area contributed by atoms with E-state index in [4.69, 9.17) is 0 Å². The summed E-state index contributed by atoms with van der Waals surface area (Å²) in [4.78, 5) is 13.8. The number of nitrogens with zero attached hydrogens (tertiary/aromatic N) is 1. The maximum atomic E-state index is 12.0. The van der Waals surface area contributed by atoms with Crippen molar-refractivity contribution in [2.45, 2.75) is 40.0 Å². The van der Waals surface area contributed by atoms with Crippen molar-refractivity contribution in [3.63, 3.8) is 0 Å². The summed E-state index contributed by atoms with van der Waals surface area (Å²) in [6, 6.07) is 0. The van der Waals surface area contributed by atoms with Gasteiger partial charge in [0.05, 0.1) is 5.92 Å². The smallest absolute Gasteiger partial charge is 0.228 e. The monoisotopic (exact) mass is 223 g/mol. The van der Waals surface area contributed by atoms with E-state index in [0.29, 0.717) is 11.8 Å². The minimum atomic E-state index is 0.102. The topological polar surface area (TPSA) is 20.3 Å². The first-order valence-corrected chi connectivity index (χ1v) is 6.30. The Bertz CT molecular complexity index is 278. The van der Waals surface area contributed by atoms with Crippen molar-refractivity contribution in [2.75, 3.05) is 14.1 Å². The van der Waals surface area contributed by atoms with Crippen molar-refractivity contribution in [1.29, 1.82) is 0 Å². The number of carbonyl (C=O) groups excluding carboxylic acids is 1. The molecule has 0 aliphatic heterocycles. The highest BCUT2D eigenvalue weighted by Gasteiger charge is 2.26. The highest BCUT2D eigenvalue weighted by Crippen LogP contribution is 2.32. The second-order valence-electron chi connectivity index (χ2n) is 5.63. The quantitative estimate of drug-likeness (QED) is 0.659. The van der Waals surface area contributed by atoms with Crippen LogP contribution >= 0.6 is 0 Å². The summed E-state index contributed by atoms with van der Waals surface area (Å²) < 4.78 is 0. The Morgan fingerprint density at radius 3 is 2.56 bits per heavy atom.